The minimum Gasteiger partial charge on any atom is -0.451 e. The minimum atomic E-state index is -3.55. The van der Waals surface area contributed by atoms with Gasteiger partial charge in [-0.25, -0.2) is 13.2 Å². The quantitative estimate of drug-likeness (QED) is 0.649. The molecule has 0 radical (unpaired) electrons. The summed E-state index contributed by atoms with van der Waals surface area (Å²) >= 11 is 6.80. The molecule has 0 unspecified atom stereocenters. The Balaban J connectivity index is 1.94. The third kappa shape index (κ3) is 5.52. The van der Waals surface area contributed by atoms with Gasteiger partial charge in [-0.3, -0.25) is 4.79 Å². The van der Waals surface area contributed by atoms with Gasteiger partial charge in [0.2, 0.25) is 10.0 Å². The van der Waals surface area contributed by atoms with Crippen molar-refractivity contribution in [2.45, 2.75) is 18.7 Å². The Labute approximate surface area is 166 Å². The first-order valence-corrected chi connectivity index (χ1v) is 10.7. The van der Waals surface area contributed by atoms with Crippen molar-refractivity contribution in [2.24, 2.45) is 0 Å². The lowest BCUT2D eigenvalue weighted by molar-refractivity contribution is -0.119. The average Bonchev–Trinajstić information content (AvgIpc) is 3.07. The number of esters is 1. The molecule has 0 fully saturated rings. The number of nitrogens with zero attached hydrogens (tertiary/aromatic N) is 1. The summed E-state index contributed by atoms with van der Waals surface area (Å²) in [5.41, 5.74) is 0.397. The van der Waals surface area contributed by atoms with Gasteiger partial charge in [0.1, 0.15) is 4.88 Å². The molecule has 2 rings (SSSR count). The van der Waals surface area contributed by atoms with Crippen LogP contribution in [0.1, 0.15) is 23.5 Å². The highest BCUT2D eigenvalue weighted by Crippen LogP contribution is 2.22. The summed E-state index contributed by atoms with van der Waals surface area (Å²) in [5.74, 6) is -1.17. The molecule has 2 aromatic rings. The summed E-state index contributed by atoms with van der Waals surface area (Å²) in [6.07, 6.45) is 0. The predicted molar refractivity (Wildman–Crippen MR) is 105 cm³/mol. The maximum atomic E-state index is 12.4. The molecular weight excluding hydrogens is 412 g/mol. The van der Waals surface area contributed by atoms with Crippen molar-refractivity contribution < 1.29 is 22.7 Å². The number of anilines is 1. The Bertz CT molecular complexity index is 906. The van der Waals surface area contributed by atoms with E-state index < -0.39 is 28.5 Å². The molecule has 1 aromatic heterocycles. The van der Waals surface area contributed by atoms with Crippen molar-refractivity contribution in [1.82, 2.24) is 4.31 Å². The molecule has 0 aliphatic heterocycles. The lowest BCUT2D eigenvalue weighted by Crippen LogP contribution is -2.30. The molecule has 7 nitrogen and oxygen atoms in total. The van der Waals surface area contributed by atoms with E-state index >= 15 is 0 Å². The standard InChI is InChI=1S/C17H19ClN2O5S2/c1-3-20(4-2)27(23,24)13-7-5-12(6-8-13)19-16(21)11-25-17(22)14-9-10-15(18)26-14/h5-10H,3-4,11H2,1-2H3,(H,19,21). The van der Waals surface area contributed by atoms with Crippen LogP contribution in [0.15, 0.2) is 41.3 Å². The molecular formula is C17H19ClN2O5S2. The van der Waals surface area contributed by atoms with Crippen LogP contribution in [0.2, 0.25) is 4.34 Å². The van der Waals surface area contributed by atoms with Crippen LogP contribution in [0.3, 0.4) is 0 Å². The van der Waals surface area contributed by atoms with Crippen LogP contribution in [0.25, 0.3) is 0 Å². The summed E-state index contributed by atoms with van der Waals surface area (Å²) in [4.78, 5) is 24.1. The van der Waals surface area contributed by atoms with Crippen molar-refractivity contribution in [3.63, 3.8) is 0 Å². The topological polar surface area (TPSA) is 92.8 Å². The molecule has 0 atom stereocenters. The fourth-order valence-corrected chi connectivity index (χ4v) is 4.64. The van der Waals surface area contributed by atoms with E-state index in [1.54, 1.807) is 19.9 Å². The summed E-state index contributed by atoms with van der Waals surface area (Å²) in [6.45, 7) is 3.81. The van der Waals surface area contributed by atoms with E-state index in [1.165, 1.54) is 34.6 Å². The van der Waals surface area contributed by atoms with Crippen LogP contribution in [-0.4, -0.2) is 44.3 Å². The maximum absolute atomic E-state index is 12.4. The lowest BCUT2D eigenvalue weighted by Gasteiger charge is -2.18. The van der Waals surface area contributed by atoms with E-state index in [-0.39, 0.29) is 4.90 Å². The number of hydrogen-bond acceptors (Lipinski definition) is 6. The number of carbonyl (C=O) groups excluding carboxylic acids is 2. The number of halogens is 1. The van der Waals surface area contributed by atoms with Crippen LogP contribution in [0.5, 0.6) is 0 Å². The first-order valence-electron chi connectivity index (χ1n) is 8.10. The Morgan fingerprint density at radius 3 is 2.26 bits per heavy atom. The first kappa shape index (κ1) is 21.4. The van der Waals surface area contributed by atoms with E-state index in [0.717, 1.165) is 11.3 Å². The van der Waals surface area contributed by atoms with Crippen molar-refractivity contribution >= 4 is 50.5 Å². The van der Waals surface area contributed by atoms with Gasteiger partial charge in [0.15, 0.2) is 6.61 Å². The van der Waals surface area contributed by atoms with Crippen LogP contribution >= 0.6 is 22.9 Å². The Kier molecular flexibility index (Phi) is 7.37. The summed E-state index contributed by atoms with van der Waals surface area (Å²) in [6, 6.07) is 8.88. The van der Waals surface area contributed by atoms with Crippen molar-refractivity contribution in [3.05, 3.63) is 45.6 Å². The van der Waals surface area contributed by atoms with Gasteiger partial charge in [0, 0.05) is 18.8 Å². The highest BCUT2D eigenvalue weighted by atomic mass is 35.5. The SMILES string of the molecule is CCN(CC)S(=O)(=O)c1ccc(NC(=O)COC(=O)c2ccc(Cl)s2)cc1. The van der Waals surface area contributed by atoms with Crippen molar-refractivity contribution in [2.75, 3.05) is 25.0 Å². The molecule has 0 spiro atoms. The number of thiophene rings is 1. The highest BCUT2D eigenvalue weighted by molar-refractivity contribution is 7.89. The molecule has 10 heteroatoms. The van der Waals surface area contributed by atoms with Crippen molar-refractivity contribution in [1.29, 1.82) is 0 Å². The Hall–Kier alpha value is -1.94. The second-order valence-corrected chi connectivity index (χ2v) is 8.99. The fraction of sp³-hybridized carbons (Fsp3) is 0.294. The van der Waals surface area contributed by atoms with E-state index in [9.17, 15) is 18.0 Å². The third-order valence-corrected chi connectivity index (χ3v) is 6.87. The van der Waals surface area contributed by atoms with Gasteiger partial charge in [-0.05, 0) is 36.4 Å². The number of rotatable bonds is 8. The number of benzene rings is 1. The Morgan fingerprint density at radius 2 is 1.74 bits per heavy atom. The maximum Gasteiger partial charge on any atom is 0.348 e. The number of amides is 1. The van der Waals surface area contributed by atoms with E-state index in [4.69, 9.17) is 16.3 Å². The molecule has 0 saturated carbocycles. The lowest BCUT2D eigenvalue weighted by atomic mass is 10.3. The monoisotopic (exact) mass is 430 g/mol. The van der Waals surface area contributed by atoms with Gasteiger partial charge in [0.05, 0.1) is 9.23 Å². The van der Waals surface area contributed by atoms with Gasteiger partial charge in [-0.15, -0.1) is 11.3 Å². The number of ether oxygens (including phenoxy) is 1. The summed E-state index contributed by atoms with van der Waals surface area (Å²) < 4.78 is 31.5. The summed E-state index contributed by atoms with van der Waals surface area (Å²) in [7, 11) is -3.55. The summed E-state index contributed by atoms with van der Waals surface area (Å²) in [5, 5.41) is 2.54. The minimum absolute atomic E-state index is 0.144. The first-order chi connectivity index (χ1) is 12.8. The van der Waals surface area contributed by atoms with Crippen LogP contribution in [0.4, 0.5) is 5.69 Å². The number of carbonyl (C=O) groups is 2. The molecule has 27 heavy (non-hydrogen) atoms. The normalized spacial score (nSPS) is 11.4. The third-order valence-electron chi connectivity index (χ3n) is 3.59. The molecule has 0 aliphatic carbocycles. The second kappa shape index (κ2) is 9.32. The predicted octanol–water partition coefficient (Wildman–Crippen LogP) is 3.23. The van der Waals surface area contributed by atoms with Crippen molar-refractivity contribution in [3.8, 4) is 0 Å². The smallest absolute Gasteiger partial charge is 0.348 e. The largest absolute Gasteiger partial charge is 0.451 e. The zero-order valence-electron chi connectivity index (χ0n) is 14.8. The van der Waals surface area contributed by atoms with Gasteiger partial charge < -0.3 is 10.1 Å². The Morgan fingerprint density at radius 1 is 1.11 bits per heavy atom. The van der Waals surface area contributed by atoms with Gasteiger partial charge in [-0.1, -0.05) is 25.4 Å². The number of hydrogen-bond donors (Lipinski definition) is 1. The molecule has 0 bridgehead atoms. The van der Waals surface area contributed by atoms with Gasteiger partial charge in [0.25, 0.3) is 5.91 Å². The highest BCUT2D eigenvalue weighted by Gasteiger charge is 2.21. The number of nitrogens with one attached hydrogen (secondary N) is 1. The number of sulfonamides is 1. The molecule has 146 valence electrons. The van der Waals surface area contributed by atoms with Gasteiger partial charge in [-0.2, -0.15) is 4.31 Å². The van der Waals surface area contributed by atoms with Crippen LogP contribution in [0, 0.1) is 0 Å². The molecule has 0 aliphatic rings. The molecule has 0 saturated heterocycles. The molecule has 1 amide bonds. The van der Waals surface area contributed by atoms with E-state index in [1.807, 2.05) is 0 Å². The molecule has 1 N–H and O–H groups in total. The second-order valence-electron chi connectivity index (χ2n) is 5.34. The fourth-order valence-electron chi connectivity index (χ4n) is 2.25. The zero-order valence-corrected chi connectivity index (χ0v) is 17.2. The zero-order chi connectivity index (χ0) is 20.0. The molecule has 1 heterocycles. The van der Waals surface area contributed by atoms with E-state index in [0.29, 0.717) is 28.0 Å². The average molecular weight is 431 g/mol. The van der Waals surface area contributed by atoms with E-state index in [2.05, 4.69) is 5.32 Å². The van der Waals surface area contributed by atoms with Gasteiger partial charge >= 0.3 is 5.97 Å². The van der Waals surface area contributed by atoms with Crippen LogP contribution < -0.4 is 5.32 Å². The molecule has 1 aromatic carbocycles. The van der Waals surface area contributed by atoms with Crippen LogP contribution in [-0.2, 0) is 19.6 Å².